The number of carbonyl (C=O) groups excluding carboxylic acids is 1. The van der Waals surface area contributed by atoms with Gasteiger partial charge in [0.1, 0.15) is 0 Å². The van der Waals surface area contributed by atoms with Crippen LogP contribution >= 0.6 is 11.8 Å². The minimum absolute atomic E-state index is 0.0191. The van der Waals surface area contributed by atoms with Crippen LogP contribution in [0.1, 0.15) is 50.3 Å². The molecule has 2 aliphatic rings. The second-order valence-electron chi connectivity index (χ2n) is 7.77. The van der Waals surface area contributed by atoms with Crippen molar-refractivity contribution in [1.82, 2.24) is 9.88 Å². The summed E-state index contributed by atoms with van der Waals surface area (Å²) < 4.78 is 5.48. The molecule has 1 aliphatic carbocycles. The lowest BCUT2D eigenvalue weighted by molar-refractivity contribution is -0.124. The molecule has 7 heteroatoms. The third-order valence-electron chi connectivity index (χ3n) is 5.44. The molecule has 0 radical (unpaired) electrons. The molecule has 6 nitrogen and oxygen atoms in total. The topological polar surface area (TPSA) is 75.0 Å². The molecule has 1 saturated carbocycles. The number of rotatable bonds is 5. The van der Waals surface area contributed by atoms with Crippen LogP contribution in [0.4, 0.5) is 5.82 Å². The number of ether oxygens (including phenoxy) is 1. The van der Waals surface area contributed by atoms with E-state index in [1.54, 1.807) is 18.2 Å². The van der Waals surface area contributed by atoms with Gasteiger partial charge in [0.25, 0.3) is 5.91 Å². The lowest BCUT2D eigenvalue weighted by atomic mass is 9.94. The zero-order chi connectivity index (χ0) is 21.8. The van der Waals surface area contributed by atoms with Crippen LogP contribution in [0.5, 0.6) is 11.5 Å². The van der Waals surface area contributed by atoms with Gasteiger partial charge in [0, 0.05) is 11.7 Å². The highest BCUT2D eigenvalue weighted by Crippen LogP contribution is 2.39. The number of hydrogen-bond acceptors (Lipinski definition) is 6. The van der Waals surface area contributed by atoms with Gasteiger partial charge >= 0.3 is 0 Å². The molecule has 4 rings (SSSR count). The van der Waals surface area contributed by atoms with E-state index in [2.05, 4.69) is 4.98 Å². The number of aromatic nitrogens is 1. The SMILES string of the molecule is CCOc1cc(/C=C2\S/C(=N/c3cccc(C)n3)N(C3CCCCC3)C2=O)ccc1O. The summed E-state index contributed by atoms with van der Waals surface area (Å²) >= 11 is 1.38. The number of hydrogen-bond donors (Lipinski definition) is 1. The molecule has 0 atom stereocenters. The summed E-state index contributed by atoms with van der Waals surface area (Å²) in [7, 11) is 0. The molecular formula is C24H27N3O3S. The van der Waals surface area contributed by atoms with Crippen LogP contribution in [0.2, 0.25) is 0 Å². The molecular weight excluding hydrogens is 410 g/mol. The Morgan fingerprint density at radius 3 is 2.81 bits per heavy atom. The van der Waals surface area contributed by atoms with Crippen LogP contribution < -0.4 is 4.74 Å². The second kappa shape index (κ2) is 9.56. The van der Waals surface area contributed by atoms with Crippen molar-refractivity contribution in [3.63, 3.8) is 0 Å². The number of pyridine rings is 1. The van der Waals surface area contributed by atoms with Crippen molar-refractivity contribution in [2.45, 2.75) is 52.0 Å². The molecule has 1 aromatic heterocycles. The number of carbonyl (C=O) groups is 1. The fourth-order valence-corrected chi connectivity index (χ4v) is 5.00. The number of phenolic OH excluding ortho intramolecular Hbond substituents is 1. The van der Waals surface area contributed by atoms with E-state index in [0.717, 1.165) is 36.9 Å². The van der Waals surface area contributed by atoms with E-state index < -0.39 is 0 Å². The monoisotopic (exact) mass is 437 g/mol. The van der Waals surface area contributed by atoms with Gasteiger partial charge in [0.15, 0.2) is 22.5 Å². The van der Waals surface area contributed by atoms with Crippen molar-refractivity contribution in [3.05, 3.63) is 52.6 Å². The van der Waals surface area contributed by atoms with Gasteiger partial charge < -0.3 is 9.84 Å². The van der Waals surface area contributed by atoms with Gasteiger partial charge in [-0.3, -0.25) is 9.69 Å². The van der Waals surface area contributed by atoms with Crippen LogP contribution in [0.15, 0.2) is 46.3 Å². The third-order valence-corrected chi connectivity index (χ3v) is 6.42. The molecule has 2 aromatic rings. The van der Waals surface area contributed by atoms with E-state index in [1.807, 2.05) is 43.0 Å². The first-order valence-electron chi connectivity index (χ1n) is 10.8. The molecule has 31 heavy (non-hydrogen) atoms. The van der Waals surface area contributed by atoms with Crippen molar-refractivity contribution < 1.29 is 14.6 Å². The van der Waals surface area contributed by atoms with Crippen molar-refractivity contribution in [2.24, 2.45) is 4.99 Å². The summed E-state index contributed by atoms with van der Waals surface area (Å²) in [5.74, 6) is 1.09. The van der Waals surface area contributed by atoms with Gasteiger partial charge in [0.2, 0.25) is 0 Å². The molecule has 0 bridgehead atoms. The molecule has 1 aliphatic heterocycles. The number of phenols is 1. The Kier molecular flexibility index (Phi) is 6.61. The van der Waals surface area contributed by atoms with E-state index in [-0.39, 0.29) is 17.7 Å². The molecule has 1 amide bonds. The van der Waals surface area contributed by atoms with Crippen LogP contribution in [0.3, 0.4) is 0 Å². The molecule has 2 fully saturated rings. The summed E-state index contributed by atoms with van der Waals surface area (Å²) in [5.41, 5.74) is 1.69. The summed E-state index contributed by atoms with van der Waals surface area (Å²) in [6, 6.07) is 11.0. The second-order valence-corrected chi connectivity index (χ2v) is 8.78. The Hall–Kier alpha value is -2.80. The van der Waals surface area contributed by atoms with Crippen molar-refractivity contribution in [1.29, 1.82) is 0 Å². The predicted octanol–water partition coefficient (Wildman–Crippen LogP) is 5.43. The fourth-order valence-electron chi connectivity index (χ4n) is 3.96. The van der Waals surface area contributed by atoms with Crippen LogP contribution in [-0.4, -0.2) is 38.7 Å². The predicted molar refractivity (Wildman–Crippen MR) is 125 cm³/mol. The molecule has 162 valence electrons. The number of amidine groups is 1. The van der Waals surface area contributed by atoms with Crippen molar-refractivity contribution in [2.75, 3.05) is 6.61 Å². The van der Waals surface area contributed by atoms with Crippen LogP contribution in [0.25, 0.3) is 6.08 Å². The normalized spacial score (nSPS) is 20.1. The maximum atomic E-state index is 13.4. The summed E-state index contributed by atoms with van der Waals surface area (Å²) in [4.78, 5) is 25.1. The number of aliphatic imine (C=N–C) groups is 1. The highest BCUT2D eigenvalue weighted by molar-refractivity contribution is 8.18. The van der Waals surface area contributed by atoms with Gasteiger partial charge in [-0.2, -0.15) is 0 Å². The highest BCUT2D eigenvalue weighted by Gasteiger charge is 2.38. The lowest BCUT2D eigenvalue weighted by Gasteiger charge is -2.30. The first-order chi connectivity index (χ1) is 15.0. The Balaban J connectivity index is 1.69. The Morgan fingerprint density at radius 2 is 2.06 bits per heavy atom. The van der Waals surface area contributed by atoms with Crippen LogP contribution in [0, 0.1) is 6.92 Å². The first kappa shape index (κ1) is 21.4. The minimum atomic E-state index is -0.0191. The van der Waals surface area contributed by atoms with Gasteiger partial charge in [-0.1, -0.05) is 31.4 Å². The van der Waals surface area contributed by atoms with Crippen molar-refractivity contribution in [3.8, 4) is 11.5 Å². The summed E-state index contributed by atoms with van der Waals surface area (Å²) in [5, 5.41) is 10.7. The summed E-state index contributed by atoms with van der Waals surface area (Å²) in [6.45, 7) is 4.25. The zero-order valence-electron chi connectivity index (χ0n) is 17.9. The molecule has 0 spiro atoms. The molecule has 1 N–H and O–H groups in total. The number of benzene rings is 1. The third kappa shape index (κ3) is 4.93. The largest absolute Gasteiger partial charge is 0.504 e. The minimum Gasteiger partial charge on any atom is -0.504 e. The molecule has 2 heterocycles. The maximum absolute atomic E-state index is 13.4. The Morgan fingerprint density at radius 1 is 1.26 bits per heavy atom. The highest BCUT2D eigenvalue weighted by atomic mass is 32.2. The van der Waals surface area contributed by atoms with Gasteiger partial charge in [-0.15, -0.1) is 0 Å². The number of aromatic hydroxyl groups is 1. The average molecular weight is 438 g/mol. The lowest BCUT2D eigenvalue weighted by Crippen LogP contribution is -2.40. The van der Waals surface area contributed by atoms with Crippen molar-refractivity contribution >= 4 is 34.7 Å². The smallest absolute Gasteiger partial charge is 0.267 e. The average Bonchev–Trinajstić information content (AvgIpc) is 3.06. The fraction of sp³-hybridized carbons (Fsp3) is 0.375. The van der Waals surface area contributed by atoms with Gasteiger partial charge in [-0.25, -0.2) is 9.98 Å². The Labute approximate surface area is 187 Å². The maximum Gasteiger partial charge on any atom is 0.267 e. The van der Waals surface area contributed by atoms with E-state index in [4.69, 9.17) is 9.73 Å². The quantitative estimate of drug-likeness (QED) is 0.631. The molecule has 0 unspecified atom stereocenters. The van der Waals surface area contributed by atoms with E-state index in [9.17, 15) is 9.90 Å². The van der Waals surface area contributed by atoms with E-state index >= 15 is 0 Å². The molecule has 1 saturated heterocycles. The number of thioether (sulfide) groups is 1. The van der Waals surface area contributed by atoms with E-state index in [0.29, 0.717) is 28.2 Å². The number of aryl methyl sites for hydroxylation is 1. The van der Waals surface area contributed by atoms with Gasteiger partial charge in [-0.05, 0) is 74.4 Å². The van der Waals surface area contributed by atoms with Gasteiger partial charge in [0.05, 0.1) is 11.5 Å². The zero-order valence-corrected chi connectivity index (χ0v) is 18.7. The van der Waals surface area contributed by atoms with E-state index in [1.165, 1.54) is 18.2 Å². The van der Waals surface area contributed by atoms with Crippen LogP contribution in [-0.2, 0) is 4.79 Å². The molecule has 1 aromatic carbocycles. The number of amides is 1. The first-order valence-corrected chi connectivity index (χ1v) is 11.6. The summed E-state index contributed by atoms with van der Waals surface area (Å²) in [6.07, 6.45) is 7.31. The Bertz CT molecular complexity index is 1030. The number of nitrogens with zero attached hydrogens (tertiary/aromatic N) is 3. The standard InChI is InChI=1S/C24H27N3O3S/c1-3-30-20-14-17(12-13-19(20)28)15-21-23(29)27(18-9-5-4-6-10-18)24(31-21)26-22-11-7-8-16(2)25-22/h7-8,11-15,18,28H,3-6,9-10H2,1-2H3/b21-15-,26-24+.